The molecule has 1 fully saturated rings. The van der Waals surface area contributed by atoms with Crippen molar-refractivity contribution < 1.29 is 18.3 Å². The fourth-order valence-corrected chi connectivity index (χ4v) is 4.33. The predicted octanol–water partition coefficient (Wildman–Crippen LogP) is 3.08. The van der Waals surface area contributed by atoms with Crippen LogP contribution in [0.1, 0.15) is 39.0 Å². The summed E-state index contributed by atoms with van der Waals surface area (Å²) in [4.78, 5) is 11.1. The lowest BCUT2D eigenvalue weighted by Crippen LogP contribution is -2.38. The Labute approximate surface area is 147 Å². The Balaban J connectivity index is 2.06. The van der Waals surface area contributed by atoms with E-state index in [1.165, 1.54) is 12.1 Å². The standard InChI is InChI=1S/C16H23ClN2O4S/c1-2-9-18-15-10-13(7-8-14(15)17)24(22,23)19-12-5-3-11(4-6-12)16(20)21/h7-8,10-12,18-19H,2-6,9H2,1H3,(H,20,21). The van der Waals surface area contributed by atoms with Crippen LogP contribution >= 0.6 is 11.6 Å². The maximum Gasteiger partial charge on any atom is 0.306 e. The molecule has 0 spiro atoms. The molecule has 134 valence electrons. The van der Waals surface area contributed by atoms with E-state index in [0.29, 0.717) is 42.9 Å². The summed E-state index contributed by atoms with van der Waals surface area (Å²) in [6.07, 6.45) is 2.95. The van der Waals surface area contributed by atoms with Crippen molar-refractivity contribution in [3.63, 3.8) is 0 Å². The van der Waals surface area contributed by atoms with Crippen LogP contribution in [0.5, 0.6) is 0 Å². The van der Waals surface area contributed by atoms with Crippen molar-refractivity contribution in [3.8, 4) is 0 Å². The first-order valence-electron chi connectivity index (χ1n) is 8.12. The van der Waals surface area contributed by atoms with Crippen molar-refractivity contribution in [1.82, 2.24) is 4.72 Å². The molecule has 0 heterocycles. The Bertz CT molecular complexity index is 685. The van der Waals surface area contributed by atoms with Crippen molar-refractivity contribution in [1.29, 1.82) is 0 Å². The molecule has 3 N–H and O–H groups in total. The summed E-state index contributed by atoms with van der Waals surface area (Å²) in [5.74, 6) is -1.17. The molecule has 2 rings (SSSR count). The molecule has 0 aliphatic heterocycles. The summed E-state index contributed by atoms with van der Waals surface area (Å²) in [6, 6.07) is 4.34. The third kappa shape index (κ3) is 4.84. The molecule has 1 saturated carbocycles. The first kappa shape index (κ1) is 19.0. The molecular formula is C16H23ClN2O4S. The van der Waals surface area contributed by atoms with Crippen LogP contribution in [-0.4, -0.2) is 32.1 Å². The van der Waals surface area contributed by atoms with E-state index in [2.05, 4.69) is 10.0 Å². The molecule has 0 saturated heterocycles. The van der Waals surface area contributed by atoms with Gasteiger partial charge in [0.25, 0.3) is 0 Å². The zero-order valence-corrected chi connectivity index (χ0v) is 15.2. The minimum Gasteiger partial charge on any atom is -0.481 e. The van der Waals surface area contributed by atoms with Gasteiger partial charge in [-0.1, -0.05) is 18.5 Å². The fraction of sp³-hybridized carbons (Fsp3) is 0.562. The normalized spacial score (nSPS) is 21.4. The number of nitrogens with one attached hydrogen (secondary N) is 2. The Morgan fingerprint density at radius 1 is 1.29 bits per heavy atom. The summed E-state index contributed by atoms with van der Waals surface area (Å²) in [7, 11) is -3.66. The highest BCUT2D eigenvalue weighted by Gasteiger charge is 2.29. The number of halogens is 1. The van der Waals surface area contributed by atoms with Crippen molar-refractivity contribution >= 4 is 33.3 Å². The number of carboxylic acids is 1. The molecule has 6 nitrogen and oxygen atoms in total. The van der Waals surface area contributed by atoms with Gasteiger partial charge in [-0.05, 0) is 50.3 Å². The van der Waals surface area contributed by atoms with Crippen LogP contribution in [0.15, 0.2) is 23.1 Å². The first-order valence-corrected chi connectivity index (χ1v) is 9.98. The zero-order valence-electron chi connectivity index (χ0n) is 13.6. The molecule has 0 amide bonds. The predicted molar refractivity (Wildman–Crippen MR) is 93.9 cm³/mol. The van der Waals surface area contributed by atoms with Crippen LogP contribution in [0.4, 0.5) is 5.69 Å². The number of carbonyl (C=O) groups is 1. The van der Waals surface area contributed by atoms with Crippen LogP contribution in [0.2, 0.25) is 5.02 Å². The van der Waals surface area contributed by atoms with Gasteiger partial charge in [0, 0.05) is 12.6 Å². The smallest absolute Gasteiger partial charge is 0.306 e. The van der Waals surface area contributed by atoms with E-state index in [-0.39, 0.29) is 16.9 Å². The number of hydrogen-bond donors (Lipinski definition) is 3. The number of anilines is 1. The highest BCUT2D eigenvalue weighted by atomic mass is 35.5. The number of hydrogen-bond acceptors (Lipinski definition) is 4. The Morgan fingerprint density at radius 3 is 2.54 bits per heavy atom. The number of sulfonamides is 1. The first-order chi connectivity index (χ1) is 11.3. The summed E-state index contributed by atoms with van der Waals surface area (Å²) >= 11 is 6.09. The largest absolute Gasteiger partial charge is 0.481 e. The minimum atomic E-state index is -3.66. The molecule has 1 aromatic carbocycles. The van der Waals surface area contributed by atoms with E-state index in [1.807, 2.05) is 6.92 Å². The van der Waals surface area contributed by atoms with Crippen LogP contribution in [-0.2, 0) is 14.8 Å². The summed E-state index contributed by atoms with van der Waals surface area (Å²) in [5, 5.41) is 12.6. The van der Waals surface area contributed by atoms with E-state index in [4.69, 9.17) is 16.7 Å². The van der Waals surface area contributed by atoms with Gasteiger partial charge in [0.1, 0.15) is 0 Å². The molecule has 1 aliphatic carbocycles. The quantitative estimate of drug-likeness (QED) is 0.681. The number of rotatable bonds is 7. The van der Waals surface area contributed by atoms with Crippen molar-refractivity contribution in [2.75, 3.05) is 11.9 Å². The second kappa shape index (κ2) is 8.18. The van der Waals surface area contributed by atoms with Gasteiger partial charge < -0.3 is 10.4 Å². The highest BCUT2D eigenvalue weighted by molar-refractivity contribution is 7.89. The van der Waals surface area contributed by atoms with Crippen LogP contribution < -0.4 is 10.0 Å². The van der Waals surface area contributed by atoms with Crippen molar-refractivity contribution in [2.24, 2.45) is 5.92 Å². The molecular weight excluding hydrogens is 352 g/mol. The Hall–Kier alpha value is -1.31. The summed E-state index contributed by atoms with van der Waals surface area (Å²) in [5.41, 5.74) is 0.593. The summed E-state index contributed by atoms with van der Waals surface area (Å²) < 4.78 is 27.8. The van der Waals surface area contributed by atoms with E-state index in [1.54, 1.807) is 6.07 Å². The van der Waals surface area contributed by atoms with Gasteiger partial charge in [-0.3, -0.25) is 4.79 Å². The average molecular weight is 375 g/mol. The van der Waals surface area contributed by atoms with E-state index >= 15 is 0 Å². The highest BCUT2D eigenvalue weighted by Crippen LogP contribution is 2.28. The van der Waals surface area contributed by atoms with Crippen LogP contribution in [0.3, 0.4) is 0 Å². The third-order valence-corrected chi connectivity index (χ3v) is 6.06. The maximum absolute atomic E-state index is 12.6. The average Bonchev–Trinajstić information content (AvgIpc) is 2.54. The van der Waals surface area contributed by atoms with Gasteiger partial charge in [0.15, 0.2) is 0 Å². The molecule has 1 aromatic rings. The Morgan fingerprint density at radius 2 is 1.96 bits per heavy atom. The van der Waals surface area contributed by atoms with Gasteiger partial charge in [-0.25, -0.2) is 13.1 Å². The second-order valence-electron chi connectivity index (χ2n) is 6.08. The van der Waals surface area contributed by atoms with E-state index in [9.17, 15) is 13.2 Å². The molecule has 0 bridgehead atoms. The SMILES string of the molecule is CCCNc1cc(S(=O)(=O)NC2CCC(C(=O)O)CC2)ccc1Cl. The van der Waals surface area contributed by atoms with E-state index in [0.717, 1.165) is 6.42 Å². The molecule has 1 aliphatic rings. The van der Waals surface area contributed by atoms with Gasteiger partial charge in [0.05, 0.1) is 21.5 Å². The van der Waals surface area contributed by atoms with Gasteiger partial charge in [-0.15, -0.1) is 0 Å². The van der Waals surface area contributed by atoms with Gasteiger partial charge in [-0.2, -0.15) is 0 Å². The summed E-state index contributed by atoms with van der Waals surface area (Å²) in [6.45, 7) is 2.71. The van der Waals surface area contributed by atoms with Crippen molar-refractivity contribution in [2.45, 2.75) is 50.0 Å². The zero-order chi connectivity index (χ0) is 17.7. The molecule has 8 heteroatoms. The molecule has 0 atom stereocenters. The van der Waals surface area contributed by atoms with Gasteiger partial charge >= 0.3 is 5.97 Å². The van der Waals surface area contributed by atoms with Crippen LogP contribution in [0.25, 0.3) is 0 Å². The number of carboxylic acid groups (broad SMARTS) is 1. The molecule has 24 heavy (non-hydrogen) atoms. The number of benzene rings is 1. The Kier molecular flexibility index (Phi) is 6.48. The number of aliphatic carboxylic acids is 1. The minimum absolute atomic E-state index is 0.158. The van der Waals surface area contributed by atoms with Crippen LogP contribution in [0, 0.1) is 5.92 Å². The maximum atomic E-state index is 12.6. The fourth-order valence-electron chi connectivity index (χ4n) is 2.81. The molecule has 0 aromatic heterocycles. The molecule has 0 unspecified atom stereocenters. The molecule has 0 radical (unpaired) electrons. The lowest BCUT2D eigenvalue weighted by Gasteiger charge is -2.26. The topological polar surface area (TPSA) is 95.5 Å². The van der Waals surface area contributed by atoms with E-state index < -0.39 is 16.0 Å². The third-order valence-electron chi connectivity index (χ3n) is 4.21. The monoisotopic (exact) mass is 374 g/mol. The lowest BCUT2D eigenvalue weighted by molar-refractivity contribution is -0.142. The van der Waals surface area contributed by atoms with Crippen molar-refractivity contribution in [3.05, 3.63) is 23.2 Å². The lowest BCUT2D eigenvalue weighted by atomic mass is 9.87. The van der Waals surface area contributed by atoms with Gasteiger partial charge in [0.2, 0.25) is 10.0 Å². The second-order valence-corrected chi connectivity index (χ2v) is 8.20.